The number of rotatable bonds is 7. The fraction of sp³-hybridized carbons (Fsp3) is 0.800. The SMILES string of the molecule is COC1CC(Cn2ccc(CN)n2)CC2ON=C(NS(=O)(=O)CC3CCCCC3)C12. The van der Waals surface area contributed by atoms with Gasteiger partial charge in [-0.3, -0.25) is 9.40 Å². The molecular formula is C20H33N5O4S. The van der Waals surface area contributed by atoms with Crippen molar-refractivity contribution in [1.29, 1.82) is 0 Å². The molecule has 1 aromatic rings. The number of amidine groups is 1. The summed E-state index contributed by atoms with van der Waals surface area (Å²) in [5.41, 5.74) is 6.51. The van der Waals surface area contributed by atoms with Gasteiger partial charge in [-0.15, -0.1) is 0 Å². The third-order valence-electron chi connectivity index (χ3n) is 6.63. The fourth-order valence-corrected chi connectivity index (χ4v) is 6.68. The van der Waals surface area contributed by atoms with Crippen LogP contribution in [0.15, 0.2) is 17.4 Å². The van der Waals surface area contributed by atoms with Gasteiger partial charge in [0.2, 0.25) is 10.0 Å². The van der Waals surface area contributed by atoms with E-state index in [0.717, 1.165) is 50.8 Å². The Bertz CT molecular complexity index is 849. The first-order valence-corrected chi connectivity index (χ1v) is 12.6. The van der Waals surface area contributed by atoms with E-state index in [1.165, 1.54) is 6.42 Å². The fourth-order valence-electron chi connectivity index (χ4n) is 5.15. The third kappa shape index (κ3) is 4.97. The Morgan fingerprint density at radius 2 is 2.07 bits per heavy atom. The molecule has 30 heavy (non-hydrogen) atoms. The zero-order chi connectivity index (χ0) is 21.1. The minimum absolute atomic E-state index is 0.156. The summed E-state index contributed by atoms with van der Waals surface area (Å²) < 4.78 is 35.9. The molecule has 1 aliphatic heterocycles. The maximum Gasteiger partial charge on any atom is 0.234 e. The van der Waals surface area contributed by atoms with E-state index in [1.807, 2.05) is 16.9 Å². The van der Waals surface area contributed by atoms with Crippen molar-refractivity contribution in [2.24, 2.45) is 28.6 Å². The van der Waals surface area contributed by atoms with E-state index in [0.29, 0.717) is 18.3 Å². The summed E-state index contributed by atoms with van der Waals surface area (Å²) >= 11 is 0. The Hall–Kier alpha value is -1.65. The first-order valence-electron chi connectivity index (χ1n) is 11.0. The topological polar surface area (TPSA) is 121 Å². The predicted octanol–water partition coefficient (Wildman–Crippen LogP) is 1.60. The summed E-state index contributed by atoms with van der Waals surface area (Å²) in [7, 11) is -1.79. The van der Waals surface area contributed by atoms with E-state index >= 15 is 0 Å². The maximum absolute atomic E-state index is 12.8. The number of nitrogens with two attached hydrogens (primary N) is 1. The van der Waals surface area contributed by atoms with Crippen molar-refractivity contribution < 1.29 is 18.0 Å². The standard InChI is InChI=1S/C20H33N5O4S/c1-28-17-9-15(12-25-8-7-16(11-21)22-25)10-18-19(17)20(23-29-18)24-30(26,27)13-14-5-3-2-4-6-14/h7-8,14-15,17-19H,2-6,9-13,21H2,1H3,(H,23,24). The lowest BCUT2D eigenvalue weighted by molar-refractivity contribution is -0.0545. The van der Waals surface area contributed by atoms with Gasteiger partial charge in [-0.05, 0) is 43.6 Å². The average molecular weight is 440 g/mol. The molecular weight excluding hydrogens is 406 g/mol. The van der Waals surface area contributed by atoms with Crippen LogP contribution in [0, 0.1) is 17.8 Å². The van der Waals surface area contributed by atoms with Gasteiger partial charge in [-0.1, -0.05) is 24.4 Å². The van der Waals surface area contributed by atoms with E-state index in [4.69, 9.17) is 15.3 Å². The van der Waals surface area contributed by atoms with Gasteiger partial charge in [0.15, 0.2) is 5.84 Å². The largest absolute Gasteiger partial charge is 0.390 e. The molecule has 0 aromatic carbocycles. The summed E-state index contributed by atoms with van der Waals surface area (Å²) in [5.74, 6) is 0.897. The van der Waals surface area contributed by atoms with Crippen molar-refractivity contribution in [3.63, 3.8) is 0 Å². The van der Waals surface area contributed by atoms with Crippen LogP contribution in [-0.4, -0.2) is 49.1 Å². The Labute approximate surface area is 178 Å². The smallest absolute Gasteiger partial charge is 0.234 e. The molecule has 0 spiro atoms. The summed E-state index contributed by atoms with van der Waals surface area (Å²) in [6.07, 6.45) is 8.57. The van der Waals surface area contributed by atoms with Crippen molar-refractivity contribution in [3.8, 4) is 0 Å². The highest BCUT2D eigenvalue weighted by Crippen LogP contribution is 2.38. The Balaban J connectivity index is 1.38. The molecule has 0 bridgehead atoms. The van der Waals surface area contributed by atoms with E-state index in [1.54, 1.807) is 7.11 Å². The molecule has 0 saturated heterocycles. The molecule has 0 radical (unpaired) electrons. The van der Waals surface area contributed by atoms with E-state index in [-0.39, 0.29) is 29.8 Å². The molecule has 0 amide bonds. The van der Waals surface area contributed by atoms with Crippen molar-refractivity contribution in [1.82, 2.24) is 14.5 Å². The van der Waals surface area contributed by atoms with Crippen molar-refractivity contribution >= 4 is 15.9 Å². The first kappa shape index (κ1) is 21.6. The van der Waals surface area contributed by atoms with Gasteiger partial charge in [-0.2, -0.15) is 5.10 Å². The molecule has 4 unspecified atom stereocenters. The number of ether oxygens (including phenoxy) is 1. The van der Waals surface area contributed by atoms with Crippen LogP contribution < -0.4 is 10.5 Å². The van der Waals surface area contributed by atoms with Crippen LogP contribution in [0.3, 0.4) is 0 Å². The molecule has 2 fully saturated rings. The van der Waals surface area contributed by atoms with Crippen LogP contribution in [-0.2, 0) is 32.7 Å². The lowest BCUT2D eigenvalue weighted by Gasteiger charge is -2.36. The van der Waals surface area contributed by atoms with Crippen LogP contribution >= 0.6 is 0 Å². The highest BCUT2D eigenvalue weighted by atomic mass is 32.2. The number of methoxy groups -OCH3 is 1. The molecule has 9 nitrogen and oxygen atoms in total. The highest BCUT2D eigenvalue weighted by molar-refractivity contribution is 7.90. The first-order chi connectivity index (χ1) is 14.5. The third-order valence-corrected chi connectivity index (χ3v) is 8.06. The number of nitrogens with zero attached hydrogens (tertiary/aromatic N) is 3. The Morgan fingerprint density at radius 1 is 1.27 bits per heavy atom. The van der Waals surface area contributed by atoms with Crippen molar-refractivity contribution in [3.05, 3.63) is 18.0 Å². The number of oxime groups is 1. The summed E-state index contributed by atoms with van der Waals surface area (Å²) in [5, 5.41) is 8.59. The van der Waals surface area contributed by atoms with Crippen LogP contribution in [0.25, 0.3) is 0 Å². The molecule has 1 aromatic heterocycles. The van der Waals surface area contributed by atoms with Crippen LogP contribution in [0.1, 0.15) is 50.6 Å². The molecule has 3 N–H and O–H groups in total. The second-order valence-electron chi connectivity index (χ2n) is 8.88. The summed E-state index contributed by atoms with van der Waals surface area (Å²) in [6, 6.07) is 1.92. The summed E-state index contributed by atoms with van der Waals surface area (Å²) in [6.45, 7) is 1.17. The number of fused-ring (bicyclic) bond motifs is 1. The van der Waals surface area contributed by atoms with E-state index in [2.05, 4.69) is 15.0 Å². The second-order valence-corrected chi connectivity index (χ2v) is 10.6. The highest BCUT2D eigenvalue weighted by Gasteiger charge is 2.47. The Morgan fingerprint density at radius 3 is 2.77 bits per heavy atom. The maximum atomic E-state index is 12.8. The molecule has 10 heteroatoms. The van der Waals surface area contributed by atoms with Gasteiger partial charge in [0.1, 0.15) is 6.10 Å². The van der Waals surface area contributed by atoms with E-state index < -0.39 is 10.0 Å². The number of hydrogen-bond acceptors (Lipinski definition) is 7. The molecule has 3 aliphatic rings. The van der Waals surface area contributed by atoms with Gasteiger partial charge in [0.25, 0.3) is 0 Å². The number of aromatic nitrogens is 2. The van der Waals surface area contributed by atoms with E-state index in [9.17, 15) is 8.42 Å². The number of hydrogen-bond donors (Lipinski definition) is 2. The van der Waals surface area contributed by atoms with Gasteiger partial charge in [0.05, 0.1) is 23.5 Å². The molecule has 4 atom stereocenters. The molecule has 2 saturated carbocycles. The van der Waals surface area contributed by atoms with Crippen LogP contribution in [0.2, 0.25) is 0 Å². The normalized spacial score (nSPS) is 29.9. The minimum Gasteiger partial charge on any atom is -0.390 e. The zero-order valence-electron chi connectivity index (χ0n) is 17.6. The predicted molar refractivity (Wildman–Crippen MR) is 113 cm³/mol. The van der Waals surface area contributed by atoms with Crippen LogP contribution in [0.5, 0.6) is 0 Å². The second kappa shape index (κ2) is 9.23. The Kier molecular flexibility index (Phi) is 6.64. The number of sulfonamides is 1. The lowest BCUT2D eigenvalue weighted by atomic mass is 9.77. The molecule has 168 valence electrons. The van der Waals surface area contributed by atoms with Crippen LogP contribution in [0.4, 0.5) is 0 Å². The van der Waals surface area contributed by atoms with Gasteiger partial charge in [0, 0.05) is 26.4 Å². The minimum atomic E-state index is -3.45. The zero-order valence-corrected chi connectivity index (χ0v) is 18.4. The quantitative estimate of drug-likeness (QED) is 0.666. The average Bonchev–Trinajstić information content (AvgIpc) is 3.34. The molecule has 2 aliphatic carbocycles. The monoisotopic (exact) mass is 439 g/mol. The summed E-state index contributed by atoms with van der Waals surface area (Å²) in [4.78, 5) is 5.66. The van der Waals surface area contributed by atoms with Gasteiger partial charge >= 0.3 is 0 Å². The molecule has 2 heterocycles. The van der Waals surface area contributed by atoms with Gasteiger partial charge < -0.3 is 15.3 Å². The lowest BCUT2D eigenvalue weighted by Crippen LogP contribution is -2.49. The van der Waals surface area contributed by atoms with Crippen molar-refractivity contribution in [2.75, 3.05) is 12.9 Å². The number of nitrogens with one attached hydrogen (secondary N) is 1. The van der Waals surface area contributed by atoms with Crippen molar-refractivity contribution in [2.45, 2.75) is 70.2 Å². The molecule has 4 rings (SSSR count). The van der Waals surface area contributed by atoms with Gasteiger partial charge in [-0.25, -0.2) is 8.42 Å².